The Morgan fingerprint density at radius 3 is 2.19 bits per heavy atom. The molecule has 1 aliphatic heterocycles. The number of aliphatic hydroxyl groups excluding tert-OH is 1. The van der Waals surface area contributed by atoms with Gasteiger partial charge in [0, 0.05) is 5.69 Å². The van der Waals surface area contributed by atoms with Gasteiger partial charge >= 0.3 is 0 Å². The number of sulfone groups is 1. The molecule has 0 spiro atoms. The zero-order valence-corrected chi connectivity index (χ0v) is 16.9. The van der Waals surface area contributed by atoms with Gasteiger partial charge in [0.25, 0.3) is 10.0 Å². The van der Waals surface area contributed by atoms with Gasteiger partial charge in [-0.2, -0.15) is 0 Å². The van der Waals surface area contributed by atoms with Crippen molar-refractivity contribution in [1.29, 1.82) is 0 Å². The van der Waals surface area contributed by atoms with E-state index >= 15 is 0 Å². The largest absolute Gasteiger partial charge is 0.399 e. The van der Waals surface area contributed by atoms with Crippen LogP contribution in [0.5, 0.6) is 0 Å². The molecule has 0 radical (unpaired) electrons. The molecular formula is C16H16Cl2N2O5S2. The smallest absolute Gasteiger partial charge is 0.264 e. The second-order valence-electron chi connectivity index (χ2n) is 6.18. The maximum absolute atomic E-state index is 13.3. The molecule has 0 amide bonds. The van der Waals surface area contributed by atoms with Crippen LogP contribution >= 0.6 is 23.2 Å². The molecule has 0 bridgehead atoms. The standard InChI is InChI=1S/C16H16Cl2N2O5S2/c17-13-6-5-12(7-14(13)18)27(24,25)20(11-3-1-10(19)2-4-11)15-8-26(22,23)9-16(15)21/h1-7,15-16,21H,8-9,19H2/t15-,16-/m0/s1. The van der Waals surface area contributed by atoms with E-state index in [2.05, 4.69) is 0 Å². The Hall–Kier alpha value is -1.52. The molecule has 2 aromatic carbocycles. The molecule has 0 aliphatic carbocycles. The molecule has 0 aromatic heterocycles. The third kappa shape index (κ3) is 4.02. The number of aliphatic hydroxyl groups is 1. The minimum atomic E-state index is -4.25. The minimum Gasteiger partial charge on any atom is -0.399 e. The number of nitrogens with two attached hydrogens (primary N) is 1. The lowest BCUT2D eigenvalue weighted by Crippen LogP contribution is -2.47. The molecule has 1 saturated heterocycles. The molecule has 1 aliphatic rings. The maximum Gasteiger partial charge on any atom is 0.264 e. The van der Waals surface area contributed by atoms with Crippen molar-refractivity contribution >= 4 is 54.4 Å². The molecule has 0 unspecified atom stereocenters. The van der Waals surface area contributed by atoms with E-state index in [0.717, 1.165) is 4.31 Å². The van der Waals surface area contributed by atoms with Crippen molar-refractivity contribution in [2.45, 2.75) is 17.0 Å². The fourth-order valence-corrected chi connectivity index (χ4v) is 6.85. The maximum atomic E-state index is 13.3. The van der Waals surface area contributed by atoms with Crippen LogP contribution in [0.25, 0.3) is 0 Å². The number of rotatable bonds is 4. The highest BCUT2D eigenvalue weighted by Crippen LogP contribution is 2.33. The number of anilines is 2. The van der Waals surface area contributed by atoms with Crippen LogP contribution in [0.15, 0.2) is 47.4 Å². The lowest BCUT2D eigenvalue weighted by atomic mass is 10.2. The van der Waals surface area contributed by atoms with Gasteiger partial charge in [-0.15, -0.1) is 0 Å². The van der Waals surface area contributed by atoms with Gasteiger partial charge in [0.2, 0.25) is 0 Å². The number of benzene rings is 2. The van der Waals surface area contributed by atoms with E-state index in [-0.39, 0.29) is 20.6 Å². The first-order chi connectivity index (χ1) is 12.5. The van der Waals surface area contributed by atoms with Crippen LogP contribution in [-0.2, 0) is 19.9 Å². The molecule has 146 valence electrons. The summed E-state index contributed by atoms with van der Waals surface area (Å²) in [5, 5.41) is 10.5. The minimum absolute atomic E-state index is 0.0367. The summed E-state index contributed by atoms with van der Waals surface area (Å²) in [6.07, 6.45) is -1.37. The van der Waals surface area contributed by atoms with Crippen molar-refractivity contribution in [2.24, 2.45) is 0 Å². The summed E-state index contributed by atoms with van der Waals surface area (Å²) >= 11 is 11.8. The van der Waals surface area contributed by atoms with Crippen LogP contribution in [0.3, 0.4) is 0 Å². The van der Waals surface area contributed by atoms with Gasteiger partial charge < -0.3 is 10.8 Å². The predicted octanol–water partition coefficient (Wildman–Crippen LogP) is 1.93. The third-order valence-electron chi connectivity index (χ3n) is 4.19. The van der Waals surface area contributed by atoms with Crippen molar-refractivity contribution in [1.82, 2.24) is 0 Å². The van der Waals surface area contributed by atoms with Gasteiger partial charge in [-0.3, -0.25) is 4.31 Å². The lowest BCUT2D eigenvalue weighted by Gasteiger charge is -2.31. The van der Waals surface area contributed by atoms with Crippen molar-refractivity contribution in [3.63, 3.8) is 0 Å². The van der Waals surface area contributed by atoms with Crippen molar-refractivity contribution in [3.8, 4) is 0 Å². The normalized spacial score (nSPS) is 21.9. The van der Waals surface area contributed by atoms with Crippen LogP contribution in [0.1, 0.15) is 0 Å². The third-order valence-corrected chi connectivity index (χ3v) is 8.48. The number of sulfonamides is 1. The van der Waals surface area contributed by atoms with Gasteiger partial charge in [-0.25, -0.2) is 16.8 Å². The molecule has 2 atom stereocenters. The molecule has 2 aromatic rings. The Balaban J connectivity index is 2.17. The summed E-state index contributed by atoms with van der Waals surface area (Å²) in [7, 11) is -7.84. The number of hydrogen-bond donors (Lipinski definition) is 2. The van der Waals surface area contributed by atoms with E-state index in [1.165, 1.54) is 42.5 Å². The molecule has 3 rings (SSSR count). The van der Waals surface area contributed by atoms with Crippen LogP contribution < -0.4 is 10.0 Å². The summed E-state index contributed by atoms with van der Waals surface area (Å²) < 4.78 is 51.5. The first-order valence-electron chi connectivity index (χ1n) is 7.75. The number of hydrogen-bond acceptors (Lipinski definition) is 6. The van der Waals surface area contributed by atoms with Gasteiger partial charge in [-0.05, 0) is 42.5 Å². The molecule has 1 fully saturated rings. The Kier molecular flexibility index (Phi) is 5.35. The zero-order valence-electron chi connectivity index (χ0n) is 13.8. The summed E-state index contributed by atoms with van der Waals surface area (Å²) in [5.41, 5.74) is 6.25. The van der Waals surface area contributed by atoms with Crippen LogP contribution in [0.2, 0.25) is 10.0 Å². The Morgan fingerprint density at radius 1 is 1.04 bits per heavy atom. The van der Waals surface area contributed by atoms with Gasteiger partial charge in [0.05, 0.1) is 44.3 Å². The SMILES string of the molecule is Nc1ccc(N([C@H]2CS(=O)(=O)C[C@@H]2O)S(=O)(=O)c2ccc(Cl)c(Cl)c2)cc1. The second kappa shape index (κ2) is 7.14. The van der Waals surface area contributed by atoms with Crippen molar-refractivity contribution in [3.05, 3.63) is 52.5 Å². The van der Waals surface area contributed by atoms with Gasteiger partial charge in [0.1, 0.15) is 0 Å². The fraction of sp³-hybridized carbons (Fsp3) is 0.250. The van der Waals surface area contributed by atoms with E-state index in [0.29, 0.717) is 5.69 Å². The second-order valence-corrected chi connectivity index (χ2v) is 11.0. The average molecular weight is 451 g/mol. The first kappa shape index (κ1) is 20.2. The monoisotopic (exact) mass is 450 g/mol. The lowest BCUT2D eigenvalue weighted by molar-refractivity contribution is 0.184. The van der Waals surface area contributed by atoms with E-state index in [1.54, 1.807) is 0 Å². The molecule has 11 heteroatoms. The quantitative estimate of drug-likeness (QED) is 0.686. The molecule has 1 heterocycles. The Labute approximate surface area is 167 Å². The van der Waals surface area contributed by atoms with E-state index in [1.807, 2.05) is 0 Å². The van der Waals surface area contributed by atoms with Crippen molar-refractivity contribution in [2.75, 3.05) is 21.5 Å². The zero-order chi connectivity index (χ0) is 20.0. The number of nitrogen functional groups attached to an aromatic ring is 1. The van der Waals surface area contributed by atoms with E-state index < -0.39 is 43.5 Å². The average Bonchev–Trinajstić information content (AvgIpc) is 2.84. The van der Waals surface area contributed by atoms with Gasteiger partial charge in [0.15, 0.2) is 9.84 Å². The van der Waals surface area contributed by atoms with E-state index in [9.17, 15) is 21.9 Å². The van der Waals surface area contributed by atoms with Crippen LogP contribution in [-0.4, -0.2) is 45.6 Å². The summed E-state index contributed by atoms with van der Waals surface area (Å²) in [6, 6.07) is 8.47. The van der Waals surface area contributed by atoms with Crippen molar-refractivity contribution < 1.29 is 21.9 Å². The summed E-state index contributed by atoms with van der Waals surface area (Å²) in [6.45, 7) is 0. The van der Waals surface area contributed by atoms with Gasteiger partial charge in [-0.1, -0.05) is 23.2 Å². The highest BCUT2D eigenvalue weighted by atomic mass is 35.5. The van der Waals surface area contributed by atoms with E-state index in [4.69, 9.17) is 28.9 Å². The molecule has 27 heavy (non-hydrogen) atoms. The molecule has 3 N–H and O–H groups in total. The highest BCUT2D eigenvalue weighted by molar-refractivity contribution is 7.93. The van der Waals surface area contributed by atoms with Crippen LogP contribution in [0, 0.1) is 0 Å². The highest BCUT2D eigenvalue weighted by Gasteiger charge is 2.45. The number of halogens is 2. The molecule has 7 nitrogen and oxygen atoms in total. The predicted molar refractivity (Wildman–Crippen MR) is 105 cm³/mol. The molecule has 0 saturated carbocycles. The number of nitrogens with zero attached hydrogens (tertiary/aromatic N) is 1. The van der Waals surface area contributed by atoms with Crippen LogP contribution in [0.4, 0.5) is 11.4 Å². The summed E-state index contributed by atoms with van der Waals surface area (Å²) in [5.74, 6) is -1.01. The topological polar surface area (TPSA) is 118 Å². The fourth-order valence-electron chi connectivity index (χ4n) is 2.92. The summed E-state index contributed by atoms with van der Waals surface area (Å²) in [4.78, 5) is -0.176. The Bertz CT molecular complexity index is 1070. The molecular weight excluding hydrogens is 435 g/mol. The Morgan fingerprint density at radius 2 is 1.67 bits per heavy atom. The first-order valence-corrected chi connectivity index (χ1v) is 11.8.